The molecule has 4 heteroatoms. The van der Waals surface area contributed by atoms with Crippen molar-refractivity contribution in [3.8, 4) is 0 Å². The molecule has 0 amide bonds. The quantitative estimate of drug-likeness (QED) is 0.471. The second-order valence-electron chi connectivity index (χ2n) is 2.58. The molecular weight excluding hydrogens is 156 g/mol. The molecule has 0 aliphatic carbocycles. The molecule has 0 saturated carbocycles. The first-order chi connectivity index (χ1) is 4.52. The maximum absolute atomic E-state index is 10.6. The average molecular weight is 173 g/mol. The summed E-state index contributed by atoms with van der Waals surface area (Å²) in [5.41, 5.74) is 0. The first-order valence-corrected chi connectivity index (χ1v) is 3.39. The molecule has 0 aromatic carbocycles. The van der Waals surface area contributed by atoms with Gasteiger partial charge in [-0.15, -0.1) is 0 Å². The molecule has 0 spiro atoms. The Kier molecular flexibility index (Phi) is 8.33. The summed E-state index contributed by atoms with van der Waals surface area (Å²) in [5.74, 6) is 0. The van der Waals surface area contributed by atoms with Crippen LogP contribution in [0.15, 0.2) is 0 Å². The fourth-order valence-electron chi connectivity index (χ4n) is 0.413. The number of carbonyl (C=O) groups is 1. The maximum Gasteiger partial charge on any atom is 2.00 e. The van der Waals surface area contributed by atoms with Crippen LogP contribution >= 0.6 is 0 Å². The summed E-state index contributed by atoms with van der Waals surface area (Å²) in [4.78, 5) is 10.6. The van der Waals surface area contributed by atoms with Gasteiger partial charge in [0.2, 0.25) is 0 Å². The minimum atomic E-state index is -0.593. The van der Waals surface area contributed by atoms with E-state index in [1.165, 1.54) is 0 Å². The molecule has 0 aromatic heterocycles. The van der Waals surface area contributed by atoms with Crippen molar-refractivity contribution in [3.63, 3.8) is 0 Å². The van der Waals surface area contributed by atoms with Crippen molar-refractivity contribution < 1.29 is 17.1 Å². The molecule has 0 bridgehead atoms. The van der Waals surface area contributed by atoms with Gasteiger partial charge in [-0.05, 0) is 27.7 Å². The van der Waals surface area contributed by atoms with Gasteiger partial charge in [0.15, 0.2) is 0 Å². The van der Waals surface area contributed by atoms with Gasteiger partial charge < -0.3 is 12.3 Å². The van der Waals surface area contributed by atoms with Gasteiger partial charge in [0, 0.05) is 0 Å². The van der Waals surface area contributed by atoms with Crippen molar-refractivity contribution >= 4 is 29.2 Å². The second-order valence-corrected chi connectivity index (χ2v) is 2.58. The van der Waals surface area contributed by atoms with E-state index in [1.807, 2.05) is 0 Å². The Hall–Kier alpha value is 0.0362. The van der Waals surface area contributed by atoms with Gasteiger partial charge in [-0.2, -0.15) is 0 Å². The Morgan fingerprint density at radius 1 is 1.09 bits per heavy atom. The maximum atomic E-state index is 10.6. The molecular formula is C7H16MgO3. The van der Waals surface area contributed by atoms with Crippen LogP contribution in [0.4, 0.5) is 4.79 Å². The molecule has 0 N–H and O–H groups in total. The number of hydrogen-bond acceptors (Lipinski definition) is 3. The van der Waals surface area contributed by atoms with Crippen LogP contribution in [0.3, 0.4) is 0 Å². The zero-order valence-corrected chi connectivity index (χ0v) is 9.00. The predicted molar refractivity (Wildman–Crippen MR) is 45.8 cm³/mol. The average Bonchev–Trinajstić information content (AvgIpc) is 1.58. The van der Waals surface area contributed by atoms with Crippen LogP contribution in [-0.4, -0.2) is 41.4 Å². The molecule has 3 nitrogen and oxygen atoms in total. The Morgan fingerprint density at radius 2 is 1.36 bits per heavy atom. The van der Waals surface area contributed by atoms with E-state index in [0.29, 0.717) is 0 Å². The molecule has 0 aromatic rings. The fraction of sp³-hybridized carbons (Fsp3) is 0.857. The largest absolute Gasteiger partial charge is 2.00 e. The number of rotatable bonds is 2. The van der Waals surface area contributed by atoms with Crippen molar-refractivity contribution in [1.29, 1.82) is 0 Å². The van der Waals surface area contributed by atoms with E-state index < -0.39 is 6.16 Å². The van der Waals surface area contributed by atoms with Crippen molar-refractivity contribution in [2.24, 2.45) is 0 Å². The van der Waals surface area contributed by atoms with Crippen LogP contribution in [0, 0.1) is 0 Å². The number of carbonyl (C=O) groups excluding carboxylic acids is 1. The summed E-state index contributed by atoms with van der Waals surface area (Å²) < 4.78 is 9.40. The third-order valence-corrected chi connectivity index (χ3v) is 0.664. The summed E-state index contributed by atoms with van der Waals surface area (Å²) in [5, 5.41) is 0. The standard InChI is InChI=1S/C7H14O3.Mg.2H/c1-5(2)9-7(8)10-6(3)4;;;/h5-6H,1-4H3;;;/q;+2;2*-1. The molecule has 0 radical (unpaired) electrons. The van der Waals surface area contributed by atoms with E-state index in [1.54, 1.807) is 27.7 Å². The zero-order valence-electron chi connectivity index (χ0n) is 9.59. The van der Waals surface area contributed by atoms with E-state index in [4.69, 9.17) is 9.47 Å². The first kappa shape index (κ1) is 13.6. The van der Waals surface area contributed by atoms with Crippen LogP contribution in [0.5, 0.6) is 0 Å². The molecule has 0 aliphatic heterocycles. The zero-order chi connectivity index (χ0) is 8.15. The predicted octanol–water partition coefficient (Wildman–Crippen LogP) is 1.80. The van der Waals surface area contributed by atoms with E-state index in [9.17, 15) is 4.79 Å². The summed E-state index contributed by atoms with van der Waals surface area (Å²) >= 11 is 0. The molecule has 0 aliphatic rings. The van der Waals surface area contributed by atoms with Crippen molar-refractivity contribution in [2.45, 2.75) is 39.9 Å². The molecule has 0 rings (SSSR count). The molecule has 0 fully saturated rings. The van der Waals surface area contributed by atoms with Crippen molar-refractivity contribution in [2.75, 3.05) is 0 Å². The second kappa shape index (κ2) is 6.73. The molecule has 64 valence electrons. The van der Waals surface area contributed by atoms with Crippen LogP contribution in [-0.2, 0) is 9.47 Å². The normalized spacial score (nSPS) is 9.27. The molecule has 0 unspecified atom stereocenters. The molecule has 0 saturated heterocycles. The fourth-order valence-corrected chi connectivity index (χ4v) is 0.413. The SMILES string of the molecule is CC(C)OC(=O)OC(C)C.[H-].[H-].[Mg+2]. The first-order valence-electron chi connectivity index (χ1n) is 3.39. The van der Waals surface area contributed by atoms with Gasteiger partial charge in [0.1, 0.15) is 0 Å². The van der Waals surface area contributed by atoms with Crippen molar-refractivity contribution in [3.05, 3.63) is 0 Å². The minimum Gasteiger partial charge on any atom is -1.00 e. The molecule has 0 heterocycles. The monoisotopic (exact) mass is 172 g/mol. The smallest absolute Gasteiger partial charge is 1.00 e. The Labute approximate surface area is 86.6 Å². The van der Waals surface area contributed by atoms with E-state index >= 15 is 0 Å². The Morgan fingerprint density at radius 3 is 1.55 bits per heavy atom. The summed E-state index contributed by atoms with van der Waals surface area (Å²) in [6, 6.07) is 0. The van der Waals surface area contributed by atoms with E-state index in [2.05, 4.69) is 0 Å². The summed E-state index contributed by atoms with van der Waals surface area (Å²) in [7, 11) is 0. The van der Waals surface area contributed by atoms with E-state index in [-0.39, 0.29) is 38.1 Å². The van der Waals surface area contributed by atoms with Crippen LogP contribution in [0.25, 0.3) is 0 Å². The van der Waals surface area contributed by atoms with Gasteiger partial charge in [0.05, 0.1) is 12.2 Å². The molecule has 11 heavy (non-hydrogen) atoms. The molecule has 0 atom stereocenters. The minimum absolute atomic E-state index is 0. The van der Waals surface area contributed by atoms with Gasteiger partial charge in [-0.3, -0.25) is 0 Å². The topological polar surface area (TPSA) is 35.5 Å². The van der Waals surface area contributed by atoms with Crippen LogP contribution in [0.1, 0.15) is 30.5 Å². The summed E-state index contributed by atoms with van der Waals surface area (Å²) in [6.07, 6.45) is -0.803. The van der Waals surface area contributed by atoms with Gasteiger partial charge in [0.25, 0.3) is 0 Å². The number of ether oxygens (including phenoxy) is 2. The summed E-state index contributed by atoms with van der Waals surface area (Å²) in [6.45, 7) is 7.12. The van der Waals surface area contributed by atoms with Crippen LogP contribution in [0.2, 0.25) is 0 Å². The Bertz CT molecular complexity index is 108. The number of hydrogen-bond donors (Lipinski definition) is 0. The van der Waals surface area contributed by atoms with Crippen molar-refractivity contribution in [1.82, 2.24) is 0 Å². The third kappa shape index (κ3) is 10.0. The van der Waals surface area contributed by atoms with Gasteiger partial charge >= 0.3 is 29.2 Å². The van der Waals surface area contributed by atoms with Crippen LogP contribution < -0.4 is 0 Å². The Balaban J connectivity index is -0.000000135. The van der Waals surface area contributed by atoms with Gasteiger partial charge in [-0.1, -0.05) is 0 Å². The van der Waals surface area contributed by atoms with E-state index in [0.717, 1.165) is 0 Å². The third-order valence-electron chi connectivity index (χ3n) is 0.664. The van der Waals surface area contributed by atoms with Gasteiger partial charge in [-0.25, -0.2) is 4.79 Å².